The van der Waals surface area contributed by atoms with Crippen LogP contribution >= 0.6 is 11.6 Å². The third-order valence-corrected chi connectivity index (χ3v) is 3.29. The van der Waals surface area contributed by atoms with Crippen LogP contribution in [-0.4, -0.2) is 26.2 Å². The van der Waals surface area contributed by atoms with E-state index in [0.29, 0.717) is 0 Å². The highest BCUT2D eigenvalue weighted by molar-refractivity contribution is 6.31. The lowest BCUT2D eigenvalue weighted by Gasteiger charge is -2.25. The number of aryl methyl sites for hydroxylation is 1. The highest BCUT2D eigenvalue weighted by atomic mass is 35.5. The van der Waals surface area contributed by atoms with Crippen molar-refractivity contribution in [1.82, 2.24) is 5.32 Å². The molecule has 0 saturated carbocycles. The normalized spacial score (nSPS) is 11.4. The number of hydrogen-bond donors (Lipinski definition) is 2. The van der Waals surface area contributed by atoms with E-state index in [1.807, 2.05) is 26.1 Å². The van der Waals surface area contributed by atoms with Crippen molar-refractivity contribution in [2.24, 2.45) is 0 Å². The molecule has 0 unspecified atom stereocenters. The van der Waals surface area contributed by atoms with Gasteiger partial charge in [-0.05, 0) is 45.5 Å². The molecule has 1 aromatic carbocycles. The molecule has 0 aliphatic carbocycles. The lowest BCUT2D eigenvalue weighted by atomic mass is 10.1. The van der Waals surface area contributed by atoms with Crippen molar-refractivity contribution < 1.29 is 4.74 Å². The Kier molecular flexibility index (Phi) is 4.66. The highest BCUT2D eigenvalue weighted by Gasteiger charge is 2.15. The molecule has 0 aliphatic heterocycles. The predicted octanol–water partition coefficient (Wildman–Crippen LogP) is 3.07. The first-order valence-corrected chi connectivity index (χ1v) is 6.04. The molecule has 0 aromatic heterocycles. The number of anilines is 1. The van der Waals surface area contributed by atoms with Gasteiger partial charge >= 0.3 is 0 Å². The van der Waals surface area contributed by atoms with Gasteiger partial charge in [0.05, 0.1) is 12.8 Å². The Morgan fingerprint density at radius 2 is 2.00 bits per heavy atom. The van der Waals surface area contributed by atoms with Crippen LogP contribution in [0.2, 0.25) is 5.02 Å². The van der Waals surface area contributed by atoms with E-state index < -0.39 is 0 Å². The second-order valence-electron chi connectivity index (χ2n) is 4.79. The van der Waals surface area contributed by atoms with Gasteiger partial charge in [-0.25, -0.2) is 0 Å². The molecule has 96 valence electrons. The zero-order valence-corrected chi connectivity index (χ0v) is 11.9. The molecule has 17 heavy (non-hydrogen) atoms. The lowest BCUT2D eigenvalue weighted by Crippen LogP contribution is -2.42. The minimum atomic E-state index is 0.0162. The zero-order chi connectivity index (χ0) is 13.1. The topological polar surface area (TPSA) is 33.3 Å². The van der Waals surface area contributed by atoms with Gasteiger partial charge in [-0.15, -0.1) is 0 Å². The quantitative estimate of drug-likeness (QED) is 0.850. The largest absolute Gasteiger partial charge is 0.495 e. The van der Waals surface area contributed by atoms with E-state index in [4.69, 9.17) is 16.3 Å². The summed E-state index contributed by atoms with van der Waals surface area (Å²) in [6.45, 7) is 7.01. The van der Waals surface area contributed by atoms with E-state index >= 15 is 0 Å². The molecule has 0 aliphatic rings. The molecular weight excluding hydrogens is 236 g/mol. The van der Waals surface area contributed by atoms with E-state index in [2.05, 4.69) is 24.5 Å². The van der Waals surface area contributed by atoms with Gasteiger partial charge in [-0.2, -0.15) is 0 Å². The van der Waals surface area contributed by atoms with Crippen molar-refractivity contribution >= 4 is 17.3 Å². The van der Waals surface area contributed by atoms with Crippen LogP contribution in [0.4, 0.5) is 5.69 Å². The van der Waals surface area contributed by atoms with Crippen LogP contribution in [-0.2, 0) is 0 Å². The molecule has 0 amide bonds. The van der Waals surface area contributed by atoms with Crippen LogP contribution in [0.3, 0.4) is 0 Å². The highest BCUT2D eigenvalue weighted by Crippen LogP contribution is 2.31. The first-order chi connectivity index (χ1) is 7.89. The number of ether oxygens (including phenoxy) is 1. The number of nitrogens with one attached hydrogen (secondary N) is 2. The van der Waals surface area contributed by atoms with Crippen molar-refractivity contribution in [3.8, 4) is 5.75 Å². The Morgan fingerprint density at radius 3 is 2.53 bits per heavy atom. The third kappa shape index (κ3) is 3.79. The molecule has 0 saturated heterocycles. The number of benzene rings is 1. The molecule has 0 heterocycles. The molecule has 1 aromatic rings. The van der Waals surface area contributed by atoms with Crippen LogP contribution in [0.5, 0.6) is 5.75 Å². The maximum atomic E-state index is 6.12. The SMILES string of the molecule is CNC(C)(C)CNc1cc(Cl)c(C)cc1OC. The molecule has 0 radical (unpaired) electrons. The summed E-state index contributed by atoms with van der Waals surface area (Å²) in [5.41, 5.74) is 1.95. The average molecular weight is 257 g/mol. The second kappa shape index (κ2) is 5.61. The molecule has 0 atom stereocenters. The minimum Gasteiger partial charge on any atom is -0.495 e. The van der Waals surface area contributed by atoms with Crippen LogP contribution in [0.15, 0.2) is 12.1 Å². The Morgan fingerprint density at radius 1 is 1.35 bits per heavy atom. The summed E-state index contributed by atoms with van der Waals surface area (Å²) in [7, 11) is 3.61. The van der Waals surface area contributed by atoms with E-state index in [9.17, 15) is 0 Å². The van der Waals surface area contributed by atoms with Crippen molar-refractivity contribution in [2.75, 3.05) is 26.0 Å². The van der Waals surface area contributed by atoms with Crippen LogP contribution in [0.25, 0.3) is 0 Å². The summed E-state index contributed by atoms with van der Waals surface area (Å²) in [5.74, 6) is 0.818. The second-order valence-corrected chi connectivity index (χ2v) is 5.20. The number of methoxy groups -OCH3 is 1. The summed E-state index contributed by atoms with van der Waals surface area (Å²) in [6, 6.07) is 3.85. The minimum absolute atomic E-state index is 0.0162. The Bertz CT molecular complexity index is 391. The monoisotopic (exact) mass is 256 g/mol. The molecule has 4 heteroatoms. The van der Waals surface area contributed by atoms with Crippen LogP contribution in [0.1, 0.15) is 19.4 Å². The fourth-order valence-electron chi connectivity index (χ4n) is 1.37. The maximum Gasteiger partial charge on any atom is 0.142 e. The van der Waals surface area contributed by atoms with Crippen LogP contribution in [0, 0.1) is 6.92 Å². The van der Waals surface area contributed by atoms with Gasteiger partial charge in [-0.3, -0.25) is 0 Å². The first kappa shape index (κ1) is 14.1. The Balaban J connectivity index is 2.87. The fourth-order valence-corrected chi connectivity index (χ4v) is 1.53. The molecule has 1 rings (SSSR count). The lowest BCUT2D eigenvalue weighted by molar-refractivity contribution is 0.413. The number of hydrogen-bond acceptors (Lipinski definition) is 3. The summed E-state index contributed by atoms with van der Waals surface area (Å²) >= 11 is 6.12. The van der Waals surface area contributed by atoms with Crippen molar-refractivity contribution in [3.63, 3.8) is 0 Å². The Labute approximate surface area is 109 Å². The summed E-state index contributed by atoms with van der Waals surface area (Å²) in [6.07, 6.45) is 0. The summed E-state index contributed by atoms with van der Waals surface area (Å²) in [5, 5.41) is 7.34. The maximum absolute atomic E-state index is 6.12. The standard InChI is InChI=1S/C13H21ClN2O/c1-9-6-12(17-5)11(7-10(9)14)16-8-13(2,3)15-4/h6-7,15-16H,8H2,1-5H3. The van der Waals surface area contributed by atoms with Crippen LogP contribution < -0.4 is 15.4 Å². The third-order valence-electron chi connectivity index (χ3n) is 2.88. The van der Waals surface area contributed by atoms with Gasteiger partial charge in [0.1, 0.15) is 5.75 Å². The first-order valence-electron chi connectivity index (χ1n) is 5.66. The predicted molar refractivity (Wildman–Crippen MR) is 74.4 cm³/mol. The molecule has 0 bridgehead atoms. The van der Waals surface area contributed by atoms with Crippen molar-refractivity contribution in [1.29, 1.82) is 0 Å². The van der Waals surface area contributed by atoms with Gasteiger partial charge in [0, 0.05) is 17.1 Å². The van der Waals surface area contributed by atoms with Crippen molar-refractivity contribution in [3.05, 3.63) is 22.7 Å². The summed E-state index contributed by atoms with van der Waals surface area (Å²) < 4.78 is 5.34. The van der Waals surface area contributed by atoms with E-state index in [1.165, 1.54) is 0 Å². The molecule has 2 N–H and O–H groups in total. The van der Waals surface area contributed by atoms with Gasteiger partial charge in [-0.1, -0.05) is 11.6 Å². The molecule has 3 nitrogen and oxygen atoms in total. The Hall–Kier alpha value is -0.930. The van der Waals surface area contributed by atoms with Gasteiger partial charge in [0.15, 0.2) is 0 Å². The van der Waals surface area contributed by atoms with E-state index in [1.54, 1.807) is 7.11 Å². The number of rotatable bonds is 5. The molecule has 0 spiro atoms. The summed E-state index contributed by atoms with van der Waals surface area (Å²) in [4.78, 5) is 0. The number of halogens is 1. The average Bonchev–Trinajstić information content (AvgIpc) is 2.30. The van der Waals surface area contributed by atoms with Gasteiger partial charge in [0.2, 0.25) is 0 Å². The van der Waals surface area contributed by atoms with E-state index in [0.717, 1.165) is 28.6 Å². The van der Waals surface area contributed by atoms with E-state index in [-0.39, 0.29) is 5.54 Å². The zero-order valence-electron chi connectivity index (χ0n) is 11.1. The molecular formula is C13H21ClN2O. The fraction of sp³-hybridized carbons (Fsp3) is 0.538. The molecule has 0 fully saturated rings. The number of likely N-dealkylation sites (N-methyl/N-ethyl adjacent to an activating group) is 1. The van der Waals surface area contributed by atoms with Gasteiger partial charge < -0.3 is 15.4 Å². The van der Waals surface area contributed by atoms with Crippen molar-refractivity contribution in [2.45, 2.75) is 26.3 Å². The smallest absolute Gasteiger partial charge is 0.142 e. The van der Waals surface area contributed by atoms with Gasteiger partial charge in [0.25, 0.3) is 0 Å².